The first kappa shape index (κ1) is 15.1. The Morgan fingerprint density at radius 2 is 2.35 bits per heavy atom. The zero-order chi connectivity index (χ0) is 14.7. The van der Waals surface area contributed by atoms with Crippen molar-refractivity contribution in [2.45, 2.75) is 11.7 Å². The van der Waals surface area contributed by atoms with Crippen molar-refractivity contribution >= 4 is 57.4 Å². The second kappa shape index (κ2) is 6.43. The van der Waals surface area contributed by atoms with Crippen LogP contribution in [-0.4, -0.2) is 28.5 Å². The molecule has 106 valence electrons. The zero-order valence-electron chi connectivity index (χ0n) is 10.4. The molecule has 0 radical (unpaired) electrons. The van der Waals surface area contributed by atoms with Crippen LogP contribution in [0.15, 0.2) is 18.2 Å². The molecule has 8 heteroatoms. The van der Waals surface area contributed by atoms with E-state index < -0.39 is 5.25 Å². The van der Waals surface area contributed by atoms with E-state index in [4.69, 9.17) is 28.6 Å². The minimum absolute atomic E-state index is 0.0558. The maximum absolute atomic E-state index is 11.9. The first-order valence-electron chi connectivity index (χ1n) is 5.64. The number of thioether (sulfide) groups is 1. The summed E-state index contributed by atoms with van der Waals surface area (Å²) in [6, 6.07) is 4.92. The van der Waals surface area contributed by atoms with E-state index in [-0.39, 0.29) is 18.2 Å². The van der Waals surface area contributed by atoms with Crippen molar-refractivity contribution < 1.29 is 14.3 Å². The number of carbonyl (C=O) groups excluding carboxylic acids is 2. The quantitative estimate of drug-likeness (QED) is 0.828. The monoisotopic (exact) mass is 330 g/mol. The van der Waals surface area contributed by atoms with Gasteiger partial charge in [-0.2, -0.15) is 0 Å². The Hall–Kier alpha value is -1.31. The first-order valence-corrected chi connectivity index (χ1v) is 7.31. The van der Waals surface area contributed by atoms with Gasteiger partial charge in [-0.15, -0.1) is 0 Å². The van der Waals surface area contributed by atoms with Gasteiger partial charge in [0.25, 0.3) is 0 Å². The molecule has 1 aliphatic rings. The number of nitrogens with one attached hydrogen (secondary N) is 2. The van der Waals surface area contributed by atoms with Crippen LogP contribution in [-0.2, 0) is 9.59 Å². The molecule has 1 aromatic carbocycles. The average molecular weight is 331 g/mol. The third kappa shape index (κ3) is 3.62. The van der Waals surface area contributed by atoms with Crippen LogP contribution in [0.3, 0.4) is 0 Å². The lowest BCUT2D eigenvalue weighted by Gasteiger charge is -2.09. The topological polar surface area (TPSA) is 67.4 Å². The largest absolute Gasteiger partial charge is 0.495 e. The van der Waals surface area contributed by atoms with Crippen molar-refractivity contribution in [3.63, 3.8) is 0 Å². The lowest BCUT2D eigenvalue weighted by atomic mass is 10.2. The Morgan fingerprint density at radius 1 is 1.60 bits per heavy atom. The number of hydrogen-bond donors (Lipinski definition) is 2. The lowest BCUT2D eigenvalue weighted by Crippen LogP contribution is -2.27. The maximum atomic E-state index is 11.9. The summed E-state index contributed by atoms with van der Waals surface area (Å²) in [4.78, 5) is 23.3. The Labute approximate surface area is 130 Å². The van der Waals surface area contributed by atoms with Crippen LogP contribution in [0.1, 0.15) is 6.42 Å². The van der Waals surface area contributed by atoms with Gasteiger partial charge >= 0.3 is 0 Å². The lowest BCUT2D eigenvalue weighted by molar-refractivity contribution is -0.122. The Morgan fingerprint density at radius 3 is 2.90 bits per heavy atom. The molecule has 2 rings (SSSR count). The van der Waals surface area contributed by atoms with E-state index in [0.717, 1.165) is 0 Å². The number of hydrogen-bond acceptors (Lipinski definition) is 5. The summed E-state index contributed by atoms with van der Waals surface area (Å²) in [5.41, 5.74) is 0.548. The Kier molecular flexibility index (Phi) is 4.85. The normalized spacial score (nSPS) is 17.8. The number of benzene rings is 1. The Balaban J connectivity index is 1.96. The third-order valence-electron chi connectivity index (χ3n) is 2.57. The molecule has 1 atom stereocenters. The van der Waals surface area contributed by atoms with Crippen molar-refractivity contribution in [2.75, 3.05) is 12.4 Å². The average Bonchev–Trinajstić information content (AvgIpc) is 2.68. The van der Waals surface area contributed by atoms with Crippen molar-refractivity contribution in [3.8, 4) is 5.75 Å². The molecule has 0 aliphatic carbocycles. The van der Waals surface area contributed by atoms with Gasteiger partial charge in [0, 0.05) is 12.1 Å². The van der Waals surface area contributed by atoms with Crippen molar-refractivity contribution in [3.05, 3.63) is 23.2 Å². The smallest absolute Gasteiger partial charge is 0.239 e. The molecule has 20 heavy (non-hydrogen) atoms. The fourth-order valence-corrected chi connectivity index (χ4v) is 3.18. The van der Waals surface area contributed by atoms with Gasteiger partial charge in [0.2, 0.25) is 11.8 Å². The molecular weight excluding hydrogens is 320 g/mol. The minimum atomic E-state index is -0.476. The number of rotatable bonds is 4. The van der Waals surface area contributed by atoms with Gasteiger partial charge in [0.15, 0.2) is 0 Å². The van der Waals surface area contributed by atoms with Crippen LogP contribution in [0.4, 0.5) is 5.69 Å². The predicted octanol–water partition coefficient (Wildman–Crippen LogP) is 2.19. The number of methoxy groups -OCH3 is 1. The van der Waals surface area contributed by atoms with Crippen molar-refractivity contribution in [2.24, 2.45) is 0 Å². The van der Waals surface area contributed by atoms with Crippen LogP contribution in [0, 0.1) is 0 Å². The number of ether oxygens (including phenoxy) is 1. The summed E-state index contributed by atoms with van der Waals surface area (Å²) < 4.78 is 5.43. The molecular formula is C12H11ClN2O3S2. The van der Waals surface area contributed by atoms with Crippen LogP contribution in [0.2, 0.25) is 5.02 Å². The second-order valence-corrected chi connectivity index (χ2v) is 6.27. The van der Waals surface area contributed by atoms with Crippen LogP contribution >= 0.6 is 35.6 Å². The van der Waals surface area contributed by atoms with Crippen molar-refractivity contribution in [1.29, 1.82) is 0 Å². The molecule has 1 heterocycles. The second-order valence-electron chi connectivity index (χ2n) is 3.98. The minimum Gasteiger partial charge on any atom is -0.495 e. The van der Waals surface area contributed by atoms with E-state index in [0.29, 0.717) is 20.8 Å². The molecule has 1 aliphatic heterocycles. The fraction of sp³-hybridized carbons (Fsp3) is 0.250. The van der Waals surface area contributed by atoms with Gasteiger partial charge in [-0.3, -0.25) is 9.59 Å². The van der Waals surface area contributed by atoms with E-state index in [9.17, 15) is 9.59 Å². The maximum Gasteiger partial charge on any atom is 0.239 e. The highest BCUT2D eigenvalue weighted by Crippen LogP contribution is 2.28. The molecule has 1 fully saturated rings. The van der Waals surface area contributed by atoms with Gasteiger partial charge in [-0.05, 0) is 18.2 Å². The molecule has 0 spiro atoms. The summed E-state index contributed by atoms with van der Waals surface area (Å²) >= 11 is 12.0. The van der Waals surface area contributed by atoms with Gasteiger partial charge < -0.3 is 15.4 Å². The van der Waals surface area contributed by atoms with Gasteiger partial charge in [-0.25, -0.2) is 0 Å². The molecule has 2 N–H and O–H groups in total. The van der Waals surface area contributed by atoms with Crippen LogP contribution in [0.25, 0.3) is 0 Å². The summed E-state index contributed by atoms with van der Waals surface area (Å²) in [5, 5.41) is 5.11. The molecule has 0 unspecified atom stereocenters. The molecule has 0 aromatic heterocycles. The molecule has 0 bridgehead atoms. The molecule has 1 saturated heterocycles. The molecule has 0 saturated carbocycles. The highest BCUT2D eigenvalue weighted by molar-refractivity contribution is 8.24. The van der Waals surface area contributed by atoms with E-state index in [1.807, 2.05) is 0 Å². The Bertz CT molecular complexity index is 580. The van der Waals surface area contributed by atoms with E-state index in [1.54, 1.807) is 18.2 Å². The zero-order valence-corrected chi connectivity index (χ0v) is 12.8. The summed E-state index contributed by atoms with van der Waals surface area (Å²) in [6.45, 7) is 0. The van der Waals surface area contributed by atoms with E-state index in [2.05, 4.69) is 10.6 Å². The van der Waals surface area contributed by atoms with E-state index in [1.165, 1.54) is 18.9 Å². The summed E-state index contributed by atoms with van der Waals surface area (Å²) in [6.07, 6.45) is 0.0558. The van der Waals surface area contributed by atoms with Crippen LogP contribution < -0.4 is 15.4 Å². The number of amides is 2. The number of thiocarbonyl (C=S) groups is 1. The standard InChI is InChI=1S/C12H11ClN2O3S2/c1-18-8-3-2-6(4-7(8)13)14-10(16)5-9-11(17)15-12(19)20-9/h2-4,9H,5H2,1H3,(H,14,16)(H,15,17,19)/t9-/m0/s1. The van der Waals surface area contributed by atoms with Crippen molar-refractivity contribution in [1.82, 2.24) is 5.32 Å². The number of anilines is 1. The predicted molar refractivity (Wildman–Crippen MR) is 83.4 cm³/mol. The highest BCUT2D eigenvalue weighted by Gasteiger charge is 2.30. The SMILES string of the molecule is COc1ccc(NC(=O)C[C@@H]2SC(=S)NC2=O)cc1Cl. The summed E-state index contributed by atoms with van der Waals surface area (Å²) in [7, 11) is 1.51. The molecule has 5 nitrogen and oxygen atoms in total. The first-order chi connectivity index (χ1) is 9.49. The molecule has 2 amide bonds. The van der Waals surface area contributed by atoms with Gasteiger partial charge in [-0.1, -0.05) is 35.6 Å². The fourth-order valence-electron chi connectivity index (χ4n) is 1.65. The van der Waals surface area contributed by atoms with Crippen LogP contribution in [0.5, 0.6) is 5.75 Å². The number of carbonyl (C=O) groups is 2. The molecule has 1 aromatic rings. The third-order valence-corrected chi connectivity index (χ3v) is 4.24. The van der Waals surface area contributed by atoms with E-state index >= 15 is 0 Å². The van der Waals surface area contributed by atoms with Gasteiger partial charge in [0.05, 0.1) is 17.4 Å². The number of halogens is 1. The highest BCUT2D eigenvalue weighted by atomic mass is 35.5. The summed E-state index contributed by atoms with van der Waals surface area (Å²) in [5.74, 6) is 0.0206. The van der Waals surface area contributed by atoms with Gasteiger partial charge in [0.1, 0.15) is 10.1 Å².